The highest BCUT2D eigenvalue weighted by molar-refractivity contribution is 6.00. The normalized spacial score (nSPS) is 12.1. The van der Waals surface area contributed by atoms with Crippen molar-refractivity contribution in [2.75, 3.05) is 19.1 Å². The minimum atomic E-state index is -0.868. The van der Waals surface area contributed by atoms with Crippen molar-refractivity contribution in [2.45, 2.75) is 52.2 Å². The second-order valence-corrected chi connectivity index (χ2v) is 9.12. The summed E-state index contributed by atoms with van der Waals surface area (Å²) >= 11 is 0. The van der Waals surface area contributed by atoms with E-state index in [9.17, 15) is 14.0 Å². The number of hydrogen-bond donors (Lipinski definition) is 1. The van der Waals surface area contributed by atoms with Crippen LogP contribution in [0.1, 0.15) is 34.1 Å². The summed E-state index contributed by atoms with van der Waals surface area (Å²) in [5.41, 5.74) is 0.364. The number of carbonyl (C=O) groups is 2. The standard InChI is InChI=1S/C25H31FN6O4/c1-7-19(24(34)27-25(2,3)4)32(18-10-8-9-17(26)14-18)22(33)15-31-29-23(28-30-31)16-11-12-20(35-5)21(13-16)36-6/h8-14,19H,7,15H2,1-6H3,(H,27,34). The van der Waals surface area contributed by atoms with E-state index < -0.39 is 23.3 Å². The third kappa shape index (κ3) is 6.35. The van der Waals surface area contributed by atoms with Gasteiger partial charge in [-0.3, -0.25) is 14.5 Å². The molecular weight excluding hydrogens is 467 g/mol. The van der Waals surface area contributed by atoms with Gasteiger partial charge < -0.3 is 14.8 Å². The number of methoxy groups -OCH3 is 2. The van der Waals surface area contributed by atoms with Gasteiger partial charge in [-0.1, -0.05) is 13.0 Å². The predicted molar refractivity (Wildman–Crippen MR) is 132 cm³/mol. The van der Waals surface area contributed by atoms with Crippen LogP contribution in [0.15, 0.2) is 42.5 Å². The predicted octanol–water partition coefficient (Wildman–Crippen LogP) is 3.22. The molecule has 0 saturated heterocycles. The zero-order valence-corrected chi connectivity index (χ0v) is 21.3. The van der Waals surface area contributed by atoms with E-state index in [1.807, 2.05) is 20.8 Å². The van der Waals surface area contributed by atoms with Crippen molar-refractivity contribution in [3.63, 3.8) is 0 Å². The van der Waals surface area contributed by atoms with Gasteiger partial charge in [-0.15, -0.1) is 10.2 Å². The third-order valence-electron chi connectivity index (χ3n) is 5.23. The first-order valence-corrected chi connectivity index (χ1v) is 11.5. The molecule has 0 aliphatic heterocycles. The van der Waals surface area contributed by atoms with Gasteiger partial charge in [0.2, 0.25) is 11.7 Å². The summed E-state index contributed by atoms with van der Waals surface area (Å²) in [7, 11) is 3.05. The van der Waals surface area contributed by atoms with Crippen molar-refractivity contribution < 1.29 is 23.5 Å². The van der Waals surface area contributed by atoms with Crippen molar-refractivity contribution in [1.29, 1.82) is 0 Å². The lowest BCUT2D eigenvalue weighted by Crippen LogP contribution is -2.54. The molecule has 10 nitrogen and oxygen atoms in total. The molecule has 1 N–H and O–H groups in total. The highest BCUT2D eigenvalue weighted by atomic mass is 19.1. The van der Waals surface area contributed by atoms with Crippen LogP contribution in [-0.4, -0.2) is 57.8 Å². The Balaban J connectivity index is 1.90. The molecule has 3 aromatic rings. The Bertz CT molecular complexity index is 1220. The number of carbonyl (C=O) groups excluding carboxylic acids is 2. The molecule has 1 heterocycles. The van der Waals surface area contributed by atoms with Gasteiger partial charge in [0.05, 0.1) is 14.2 Å². The monoisotopic (exact) mass is 498 g/mol. The van der Waals surface area contributed by atoms with Crippen LogP contribution < -0.4 is 19.7 Å². The summed E-state index contributed by atoms with van der Waals surface area (Å²) in [5.74, 6) is -0.0402. The Labute approximate surface area is 209 Å². The fourth-order valence-corrected chi connectivity index (χ4v) is 3.66. The Morgan fingerprint density at radius 2 is 1.83 bits per heavy atom. The maximum absolute atomic E-state index is 14.1. The van der Waals surface area contributed by atoms with Gasteiger partial charge in [-0.05, 0) is 68.8 Å². The number of aromatic nitrogens is 4. The van der Waals surface area contributed by atoms with E-state index in [2.05, 4.69) is 20.7 Å². The lowest BCUT2D eigenvalue weighted by Gasteiger charge is -2.32. The van der Waals surface area contributed by atoms with Crippen molar-refractivity contribution in [3.05, 3.63) is 48.3 Å². The summed E-state index contributed by atoms with van der Waals surface area (Å²) in [6, 6.07) is 9.85. The van der Waals surface area contributed by atoms with Crippen LogP contribution in [0.4, 0.5) is 10.1 Å². The minimum absolute atomic E-state index is 0.260. The fourth-order valence-electron chi connectivity index (χ4n) is 3.66. The van der Waals surface area contributed by atoms with Crippen LogP contribution in [0.2, 0.25) is 0 Å². The first-order chi connectivity index (χ1) is 17.1. The van der Waals surface area contributed by atoms with E-state index in [1.165, 1.54) is 37.3 Å². The quantitative estimate of drug-likeness (QED) is 0.482. The number of hydrogen-bond acceptors (Lipinski definition) is 7. The van der Waals surface area contributed by atoms with Crippen molar-refractivity contribution >= 4 is 17.5 Å². The van der Waals surface area contributed by atoms with Gasteiger partial charge in [0.15, 0.2) is 11.5 Å². The molecule has 0 aliphatic carbocycles. The van der Waals surface area contributed by atoms with Crippen molar-refractivity contribution in [1.82, 2.24) is 25.5 Å². The molecule has 0 aliphatic rings. The maximum Gasteiger partial charge on any atom is 0.251 e. The summed E-state index contributed by atoms with van der Waals surface area (Å²) in [5, 5.41) is 15.2. The van der Waals surface area contributed by atoms with Gasteiger partial charge >= 0.3 is 0 Å². The van der Waals surface area contributed by atoms with Gasteiger partial charge in [0.25, 0.3) is 5.91 Å². The molecule has 36 heavy (non-hydrogen) atoms. The molecular formula is C25H31FN6O4. The fraction of sp³-hybridized carbons (Fsp3) is 0.400. The molecule has 0 spiro atoms. The largest absolute Gasteiger partial charge is 0.493 e. The van der Waals surface area contributed by atoms with Gasteiger partial charge in [-0.25, -0.2) is 4.39 Å². The van der Waals surface area contributed by atoms with Crippen LogP contribution in [0, 0.1) is 5.82 Å². The summed E-state index contributed by atoms with van der Waals surface area (Å²) in [6.45, 7) is 7.02. The highest BCUT2D eigenvalue weighted by Gasteiger charge is 2.32. The van der Waals surface area contributed by atoms with E-state index in [-0.39, 0.29) is 24.0 Å². The maximum atomic E-state index is 14.1. The highest BCUT2D eigenvalue weighted by Crippen LogP contribution is 2.30. The number of ether oxygens (including phenoxy) is 2. The topological polar surface area (TPSA) is 111 Å². The van der Waals surface area contributed by atoms with Crippen molar-refractivity contribution in [3.8, 4) is 22.9 Å². The zero-order chi connectivity index (χ0) is 26.5. The van der Waals surface area contributed by atoms with Gasteiger partial charge in [0.1, 0.15) is 18.4 Å². The first-order valence-electron chi connectivity index (χ1n) is 11.5. The molecule has 2 amide bonds. The van der Waals surface area contributed by atoms with Crippen LogP contribution in [0.3, 0.4) is 0 Å². The van der Waals surface area contributed by atoms with E-state index in [0.29, 0.717) is 23.5 Å². The van der Waals surface area contributed by atoms with Gasteiger partial charge in [0, 0.05) is 16.8 Å². The SMILES string of the molecule is CCC(C(=O)NC(C)(C)C)N(C(=O)Cn1nnc(-c2ccc(OC)c(OC)c2)n1)c1cccc(F)c1. The number of rotatable bonds is 9. The first kappa shape index (κ1) is 26.6. The number of tetrazole rings is 1. The second kappa shape index (κ2) is 11.1. The van der Waals surface area contributed by atoms with Crippen LogP contribution in [0.25, 0.3) is 11.4 Å². The molecule has 0 bridgehead atoms. The number of halogens is 1. The number of amides is 2. The molecule has 0 radical (unpaired) electrons. The molecule has 1 unspecified atom stereocenters. The number of nitrogens with zero attached hydrogens (tertiary/aromatic N) is 5. The number of anilines is 1. The van der Waals surface area contributed by atoms with Crippen molar-refractivity contribution in [2.24, 2.45) is 0 Å². The molecule has 1 atom stereocenters. The lowest BCUT2D eigenvalue weighted by molar-refractivity contribution is -0.128. The average Bonchev–Trinajstić information content (AvgIpc) is 3.28. The van der Waals surface area contributed by atoms with Gasteiger partial charge in [-0.2, -0.15) is 4.80 Å². The van der Waals surface area contributed by atoms with Crippen LogP contribution >= 0.6 is 0 Å². The smallest absolute Gasteiger partial charge is 0.251 e. The summed E-state index contributed by atoms with van der Waals surface area (Å²) in [6.07, 6.45) is 0.311. The molecule has 192 valence electrons. The van der Waals surface area contributed by atoms with Crippen LogP contribution in [-0.2, 0) is 16.1 Å². The molecule has 1 aromatic heterocycles. The molecule has 11 heteroatoms. The van der Waals surface area contributed by atoms with E-state index in [0.717, 1.165) is 4.80 Å². The Morgan fingerprint density at radius 3 is 2.44 bits per heavy atom. The van der Waals surface area contributed by atoms with E-state index in [1.54, 1.807) is 31.2 Å². The van der Waals surface area contributed by atoms with Crippen LogP contribution in [0.5, 0.6) is 11.5 Å². The molecule has 2 aromatic carbocycles. The molecule has 0 fully saturated rings. The third-order valence-corrected chi connectivity index (χ3v) is 5.23. The second-order valence-electron chi connectivity index (χ2n) is 9.12. The summed E-state index contributed by atoms with van der Waals surface area (Å²) < 4.78 is 24.6. The Hall–Kier alpha value is -4.02. The zero-order valence-electron chi connectivity index (χ0n) is 21.3. The number of benzene rings is 2. The van der Waals surface area contributed by atoms with E-state index in [4.69, 9.17) is 9.47 Å². The average molecular weight is 499 g/mol. The minimum Gasteiger partial charge on any atom is -0.493 e. The Morgan fingerprint density at radius 1 is 1.11 bits per heavy atom. The molecule has 3 rings (SSSR count). The summed E-state index contributed by atoms with van der Waals surface area (Å²) in [4.78, 5) is 29.0. The molecule has 0 saturated carbocycles. The van der Waals surface area contributed by atoms with E-state index >= 15 is 0 Å². The Kier molecular flexibility index (Phi) is 8.23. The lowest BCUT2D eigenvalue weighted by atomic mass is 10.1. The number of nitrogens with one attached hydrogen (secondary N) is 1.